The number of hydrogen-bond acceptors (Lipinski definition) is 5. The highest BCUT2D eigenvalue weighted by Crippen LogP contribution is 2.44. The summed E-state index contributed by atoms with van der Waals surface area (Å²) in [6, 6.07) is 15.8. The van der Waals surface area contributed by atoms with Gasteiger partial charge in [-0.3, -0.25) is 10.1 Å². The highest BCUT2D eigenvalue weighted by molar-refractivity contribution is 6.09. The maximum absolute atomic E-state index is 12.4. The van der Waals surface area contributed by atoms with E-state index >= 15 is 0 Å². The minimum absolute atomic E-state index is 0.0507. The quantitative estimate of drug-likeness (QED) is 0.591. The molecule has 0 spiro atoms. The number of nitrogens with one attached hydrogen (secondary N) is 1. The van der Waals surface area contributed by atoms with E-state index in [1.807, 2.05) is 48.5 Å². The molecule has 1 aromatic heterocycles. The van der Waals surface area contributed by atoms with E-state index in [2.05, 4.69) is 5.32 Å². The van der Waals surface area contributed by atoms with Gasteiger partial charge in [-0.05, 0) is 29.2 Å². The predicted molar refractivity (Wildman–Crippen MR) is 108 cm³/mol. The van der Waals surface area contributed by atoms with Gasteiger partial charge in [0.2, 0.25) is 5.88 Å². The summed E-state index contributed by atoms with van der Waals surface area (Å²) in [4.78, 5) is 35.4. The molecule has 30 heavy (non-hydrogen) atoms. The van der Waals surface area contributed by atoms with Crippen molar-refractivity contribution in [3.63, 3.8) is 0 Å². The molecule has 1 heterocycles. The first-order chi connectivity index (χ1) is 14.4. The third kappa shape index (κ3) is 3.18. The van der Waals surface area contributed by atoms with Crippen LogP contribution in [-0.4, -0.2) is 29.7 Å². The number of anilines is 1. The second-order valence-corrected chi connectivity index (χ2v) is 6.86. The monoisotopic (exact) mass is 406 g/mol. The Kier molecular flexibility index (Phi) is 4.75. The van der Waals surface area contributed by atoms with Crippen molar-refractivity contribution in [1.82, 2.24) is 0 Å². The molecule has 2 aromatic carbocycles. The zero-order valence-corrected chi connectivity index (χ0v) is 16.0. The van der Waals surface area contributed by atoms with Crippen LogP contribution in [0, 0.1) is 6.92 Å². The largest absolute Gasteiger partial charge is 0.478 e. The van der Waals surface area contributed by atoms with E-state index in [-0.39, 0.29) is 24.2 Å². The molecule has 0 radical (unpaired) electrons. The Hall–Kier alpha value is -4.07. The maximum atomic E-state index is 12.4. The summed E-state index contributed by atoms with van der Waals surface area (Å²) in [6.45, 7) is 1.41. The molecule has 0 saturated heterocycles. The molecular formula is C22H18N2O6. The van der Waals surface area contributed by atoms with Crippen molar-refractivity contribution >= 4 is 23.9 Å². The molecule has 4 rings (SSSR count). The fourth-order valence-corrected chi connectivity index (χ4v) is 3.85. The van der Waals surface area contributed by atoms with Crippen LogP contribution in [0.1, 0.15) is 43.5 Å². The molecule has 1 aliphatic carbocycles. The second-order valence-electron chi connectivity index (χ2n) is 6.86. The van der Waals surface area contributed by atoms with Crippen molar-refractivity contribution in [3.8, 4) is 11.1 Å². The summed E-state index contributed by atoms with van der Waals surface area (Å²) >= 11 is 0. The highest BCUT2D eigenvalue weighted by atomic mass is 16.6. The van der Waals surface area contributed by atoms with E-state index < -0.39 is 29.1 Å². The van der Waals surface area contributed by atoms with Gasteiger partial charge < -0.3 is 20.0 Å². The number of benzene rings is 2. The van der Waals surface area contributed by atoms with Gasteiger partial charge in [0, 0.05) is 5.92 Å². The topological polar surface area (TPSA) is 132 Å². The normalized spacial score (nSPS) is 12.2. The van der Waals surface area contributed by atoms with Gasteiger partial charge in [-0.25, -0.2) is 9.59 Å². The number of nitrogens with two attached hydrogens (primary N) is 1. The van der Waals surface area contributed by atoms with E-state index in [0.717, 1.165) is 22.3 Å². The average molecular weight is 406 g/mol. The highest BCUT2D eigenvalue weighted by Gasteiger charge is 2.31. The predicted octanol–water partition coefficient (Wildman–Crippen LogP) is 3.75. The van der Waals surface area contributed by atoms with Crippen LogP contribution in [-0.2, 0) is 4.74 Å². The van der Waals surface area contributed by atoms with Gasteiger partial charge in [-0.1, -0.05) is 48.5 Å². The van der Waals surface area contributed by atoms with Gasteiger partial charge in [0.25, 0.3) is 5.91 Å². The molecule has 0 bridgehead atoms. The Balaban J connectivity index is 1.54. The van der Waals surface area contributed by atoms with Gasteiger partial charge >= 0.3 is 12.1 Å². The number of primary amides is 1. The summed E-state index contributed by atoms with van der Waals surface area (Å²) < 4.78 is 10.6. The van der Waals surface area contributed by atoms with Crippen LogP contribution in [0.25, 0.3) is 11.1 Å². The number of rotatable bonds is 5. The Labute approximate surface area is 171 Å². The third-order valence-corrected chi connectivity index (χ3v) is 5.10. The van der Waals surface area contributed by atoms with Crippen LogP contribution >= 0.6 is 0 Å². The first kappa shape index (κ1) is 19.3. The SMILES string of the molecule is Cc1oc(NC(=O)OCC2c3ccccc3-c3ccccc32)c(C(N)=O)c1C(=O)O. The number of ether oxygens (including phenoxy) is 1. The minimum Gasteiger partial charge on any atom is -0.478 e. The summed E-state index contributed by atoms with van der Waals surface area (Å²) in [6.07, 6.45) is -0.884. The van der Waals surface area contributed by atoms with Crippen LogP contribution in [0.3, 0.4) is 0 Å². The molecule has 0 unspecified atom stereocenters. The summed E-state index contributed by atoms with van der Waals surface area (Å²) in [7, 11) is 0. The number of carbonyl (C=O) groups excluding carboxylic acids is 2. The number of fused-ring (bicyclic) bond motifs is 3. The summed E-state index contributed by atoms with van der Waals surface area (Å²) in [5.41, 5.74) is 8.74. The van der Waals surface area contributed by atoms with Crippen molar-refractivity contribution in [3.05, 3.63) is 76.5 Å². The van der Waals surface area contributed by atoms with Gasteiger partial charge in [0.15, 0.2) is 0 Å². The Morgan fingerprint density at radius 3 is 2.13 bits per heavy atom. The molecule has 2 amide bonds. The zero-order chi connectivity index (χ0) is 21.4. The number of aromatic carboxylic acids is 1. The number of hydrogen-bond donors (Lipinski definition) is 3. The van der Waals surface area contributed by atoms with E-state index in [1.54, 1.807) is 0 Å². The fraction of sp³-hybridized carbons (Fsp3) is 0.136. The Morgan fingerprint density at radius 1 is 1.03 bits per heavy atom. The molecule has 0 fully saturated rings. The van der Waals surface area contributed by atoms with Gasteiger partial charge in [-0.2, -0.15) is 0 Å². The number of carboxylic acid groups (broad SMARTS) is 1. The lowest BCUT2D eigenvalue weighted by molar-refractivity contribution is 0.0690. The molecular weight excluding hydrogens is 388 g/mol. The van der Waals surface area contributed by atoms with Gasteiger partial charge in [0.05, 0.1) is 0 Å². The lowest BCUT2D eigenvalue weighted by Crippen LogP contribution is -2.21. The van der Waals surface area contributed by atoms with Crippen LogP contribution in [0.4, 0.5) is 10.7 Å². The number of carbonyl (C=O) groups is 3. The molecule has 0 saturated carbocycles. The van der Waals surface area contributed by atoms with Crippen molar-refractivity contribution < 1.29 is 28.6 Å². The third-order valence-electron chi connectivity index (χ3n) is 5.10. The van der Waals surface area contributed by atoms with Gasteiger partial charge in [-0.15, -0.1) is 0 Å². The fourth-order valence-electron chi connectivity index (χ4n) is 3.85. The maximum Gasteiger partial charge on any atom is 0.414 e. The molecule has 152 valence electrons. The van der Waals surface area contributed by atoms with Crippen molar-refractivity contribution in [2.45, 2.75) is 12.8 Å². The smallest absolute Gasteiger partial charge is 0.414 e. The molecule has 8 nitrogen and oxygen atoms in total. The van der Waals surface area contributed by atoms with Crippen LogP contribution in [0.5, 0.6) is 0 Å². The lowest BCUT2D eigenvalue weighted by Gasteiger charge is -2.14. The minimum atomic E-state index is -1.38. The van der Waals surface area contributed by atoms with Crippen LogP contribution in [0.15, 0.2) is 52.9 Å². The first-order valence-electron chi connectivity index (χ1n) is 9.17. The Bertz CT molecular complexity index is 1130. The van der Waals surface area contributed by atoms with E-state index in [0.29, 0.717) is 0 Å². The number of amides is 2. The molecule has 0 aliphatic heterocycles. The second kappa shape index (κ2) is 7.40. The zero-order valence-electron chi connectivity index (χ0n) is 16.0. The molecule has 1 aliphatic rings. The van der Waals surface area contributed by atoms with E-state index in [4.69, 9.17) is 14.9 Å². The molecule has 4 N–H and O–H groups in total. The summed E-state index contributed by atoms with van der Waals surface area (Å²) in [5.74, 6) is -2.96. The van der Waals surface area contributed by atoms with Gasteiger partial charge in [0.1, 0.15) is 23.5 Å². The van der Waals surface area contributed by atoms with Crippen molar-refractivity contribution in [2.24, 2.45) is 5.73 Å². The molecule has 3 aromatic rings. The molecule has 8 heteroatoms. The van der Waals surface area contributed by atoms with Crippen LogP contribution in [0.2, 0.25) is 0 Å². The molecule has 0 atom stereocenters. The standard InChI is InChI=1S/C22H18N2O6/c1-11-17(21(26)27)18(19(23)25)20(30-11)24-22(28)29-10-16-14-8-4-2-6-12(14)13-7-3-5-9-15(13)16/h2-9,16H,10H2,1H3,(H2,23,25)(H,24,28)(H,26,27). The number of aryl methyl sites for hydroxylation is 1. The van der Waals surface area contributed by atoms with E-state index in [9.17, 15) is 19.5 Å². The first-order valence-corrected chi connectivity index (χ1v) is 9.17. The number of carboxylic acids is 1. The van der Waals surface area contributed by atoms with Crippen molar-refractivity contribution in [2.75, 3.05) is 11.9 Å². The lowest BCUT2D eigenvalue weighted by atomic mass is 9.98. The van der Waals surface area contributed by atoms with Crippen LogP contribution < -0.4 is 11.1 Å². The number of furan rings is 1. The average Bonchev–Trinajstić information content (AvgIpc) is 3.21. The summed E-state index contributed by atoms with van der Waals surface area (Å²) in [5, 5.41) is 11.6. The van der Waals surface area contributed by atoms with Crippen molar-refractivity contribution in [1.29, 1.82) is 0 Å². The Morgan fingerprint density at radius 2 is 1.60 bits per heavy atom. The van der Waals surface area contributed by atoms with E-state index in [1.165, 1.54) is 6.92 Å².